The molecule has 3 heteroatoms. The van der Waals surface area contributed by atoms with E-state index in [0.717, 1.165) is 25.7 Å². The van der Waals surface area contributed by atoms with Crippen LogP contribution in [0.4, 0.5) is 0 Å². The molecule has 4 rings (SSSR count). The van der Waals surface area contributed by atoms with Crippen LogP contribution in [-0.2, 0) is 9.53 Å². The van der Waals surface area contributed by atoms with Crippen molar-refractivity contribution >= 4 is 5.97 Å². The Kier molecular flexibility index (Phi) is 2.60. The maximum atomic E-state index is 11.7. The second-order valence-corrected chi connectivity index (χ2v) is 6.44. The van der Waals surface area contributed by atoms with Crippen LogP contribution in [0.5, 0.6) is 0 Å². The first kappa shape index (κ1) is 12.2. The van der Waals surface area contributed by atoms with Gasteiger partial charge in [0.05, 0.1) is 0 Å². The number of carbonyl (C=O) groups is 1. The summed E-state index contributed by atoms with van der Waals surface area (Å²) in [5.41, 5.74) is -1.46. The molecule has 3 unspecified atom stereocenters. The van der Waals surface area contributed by atoms with Crippen LogP contribution in [0.15, 0.2) is 12.7 Å². The highest BCUT2D eigenvalue weighted by Crippen LogP contribution is 2.62. The summed E-state index contributed by atoms with van der Waals surface area (Å²) < 4.78 is 5.71. The van der Waals surface area contributed by atoms with Gasteiger partial charge in [0.1, 0.15) is 11.2 Å². The van der Waals surface area contributed by atoms with E-state index < -0.39 is 17.2 Å². The average Bonchev–Trinajstić information content (AvgIpc) is 2.32. The highest BCUT2D eigenvalue weighted by Gasteiger charge is 2.66. The molecule has 3 nitrogen and oxygen atoms in total. The van der Waals surface area contributed by atoms with Gasteiger partial charge in [-0.15, -0.1) is 0 Å². The fourth-order valence-corrected chi connectivity index (χ4v) is 5.13. The number of esters is 1. The molecule has 0 heterocycles. The van der Waals surface area contributed by atoms with Crippen molar-refractivity contribution in [2.24, 2.45) is 17.8 Å². The zero-order valence-electron chi connectivity index (χ0n) is 11.0. The van der Waals surface area contributed by atoms with Gasteiger partial charge in [-0.25, -0.2) is 4.79 Å². The van der Waals surface area contributed by atoms with Crippen LogP contribution >= 0.6 is 0 Å². The van der Waals surface area contributed by atoms with Crippen molar-refractivity contribution in [2.45, 2.75) is 56.7 Å². The van der Waals surface area contributed by atoms with Crippen LogP contribution < -0.4 is 0 Å². The van der Waals surface area contributed by atoms with Gasteiger partial charge in [-0.1, -0.05) is 13.5 Å². The van der Waals surface area contributed by atoms with Gasteiger partial charge >= 0.3 is 5.97 Å². The standard InChI is InChI=1S/C15H22O3/c1-3-13(16)18-15(4-2)12-6-10-5-11(7-12)9-14(15,17)8-10/h3,10-12,17H,1,4-9H2,2H3. The predicted molar refractivity (Wildman–Crippen MR) is 67.8 cm³/mol. The molecule has 0 aromatic carbocycles. The van der Waals surface area contributed by atoms with Crippen molar-refractivity contribution in [3.63, 3.8) is 0 Å². The molecule has 0 aromatic rings. The molecule has 4 aliphatic rings. The molecule has 100 valence electrons. The van der Waals surface area contributed by atoms with Gasteiger partial charge in [-0.2, -0.15) is 0 Å². The van der Waals surface area contributed by atoms with Crippen molar-refractivity contribution in [2.75, 3.05) is 0 Å². The summed E-state index contributed by atoms with van der Waals surface area (Å²) in [6.07, 6.45) is 7.00. The second-order valence-electron chi connectivity index (χ2n) is 6.44. The topological polar surface area (TPSA) is 46.5 Å². The van der Waals surface area contributed by atoms with Crippen LogP contribution in [-0.4, -0.2) is 22.3 Å². The van der Waals surface area contributed by atoms with E-state index in [2.05, 4.69) is 6.58 Å². The van der Waals surface area contributed by atoms with Crippen molar-refractivity contribution in [3.05, 3.63) is 12.7 Å². The lowest BCUT2D eigenvalue weighted by Gasteiger charge is -2.64. The van der Waals surface area contributed by atoms with Crippen molar-refractivity contribution in [3.8, 4) is 0 Å². The molecule has 0 amide bonds. The summed E-state index contributed by atoms with van der Waals surface area (Å²) in [5, 5.41) is 11.0. The number of carbonyl (C=O) groups excluding carboxylic acids is 1. The van der Waals surface area contributed by atoms with Gasteiger partial charge in [0.15, 0.2) is 0 Å². The Labute approximate surface area is 108 Å². The smallest absolute Gasteiger partial charge is 0.330 e. The monoisotopic (exact) mass is 250 g/mol. The lowest BCUT2D eigenvalue weighted by Crippen LogP contribution is -2.70. The first-order valence-corrected chi connectivity index (χ1v) is 7.11. The number of hydrogen-bond acceptors (Lipinski definition) is 3. The minimum absolute atomic E-state index is 0.336. The molecule has 4 fully saturated rings. The van der Waals surface area contributed by atoms with E-state index >= 15 is 0 Å². The lowest BCUT2D eigenvalue weighted by atomic mass is 9.47. The Morgan fingerprint density at radius 2 is 2.00 bits per heavy atom. The molecule has 1 N–H and O–H groups in total. The Balaban J connectivity index is 1.97. The Bertz CT molecular complexity index is 375. The third-order valence-electron chi connectivity index (χ3n) is 5.58. The zero-order chi connectivity index (χ0) is 13.0. The minimum Gasteiger partial charge on any atom is -0.453 e. The number of hydrogen-bond donors (Lipinski definition) is 1. The fraction of sp³-hybridized carbons (Fsp3) is 0.800. The summed E-state index contributed by atoms with van der Waals surface area (Å²) >= 11 is 0. The number of aliphatic hydroxyl groups is 1. The molecule has 0 spiro atoms. The van der Waals surface area contributed by atoms with Crippen molar-refractivity contribution < 1.29 is 14.6 Å². The largest absolute Gasteiger partial charge is 0.453 e. The van der Waals surface area contributed by atoms with Gasteiger partial charge < -0.3 is 9.84 Å². The van der Waals surface area contributed by atoms with Gasteiger partial charge in [0, 0.05) is 12.0 Å². The highest BCUT2D eigenvalue weighted by atomic mass is 16.6. The quantitative estimate of drug-likeness (QED) is 0.618. The Morgan fingerprint density at radius 1 is 1.39 bits per heavy atom. The van der Waals surface area contributed by atoms with E-state index in [4.69, 9.17) is 4.74 Å². The Morgan fingerprint density at radius 3 is 2.44 bits per heavy atom. The van der Waals surface area contributed by atoms with E-state index in [9.17, 15) is 9.90 Å². The molecule has 4 saturated carbocycles. The summed E-state index contributed by atoms with van der Waals surface area (Å²) in [5.74, 6) is 1.21. The van der Waals surface area contributed by atoms with Crippen LogP contribution in [0.2, 0.25) is 0 Å². The van der Waals surface area contributed by atoms with Gasteiger partial charge in [-0.05, 0) is 50.4 Å². The predicted octanol–water partition coefficient (Wildman–Crippen LogP) is 2.44. The van der Waals surface area contributed by atoms with E-state index in [1.54, 1.807) is 0 Å². The van der Waals surface area contributed by atoms with Crippen LogP contribution in [0.3, 0.4) is 0 Å². The SMILES string of the molecule is C=CC(=O)OC1(CC)C2CC3CC(C2)CC1(O)C3. The molecule has 0 radical (unpaired) electrons. The van der Waals surface area contributed by atoms with Crippen molar-refractivity contribution in [1.82, 2.24) is 0 Å². The molecule has 0 saturated heterocycles. The molecule has 4 bridgehead atoms. The summed E-state index contributed by atoms with van der Waals surface area (Å²) in [6, 6.07) is 0. The molecular weight excluding hydrogens is 228 g/mol. The van der Waals surface area contributed by atoms with Gasteiger partial charge in [0.25, 0.3) is 0 Å². The highest BCUT2D eigenvalue weighted by molar-refractivity contribution is 5.81. The second kappa shape index (κ2) is 3.83. The maximum absolute atomic E-state index is 11.7. The van der Waals surface area contributed by atoms with Gasteiger partial charge in [0.2, 0.25) is 0 Å². The summed E-state index contributed by atoms with van der Waals surface area (Å²) in [7, 11) is 0. The molecule has 4 aliphatic carbocycles. The average molecular weight is 250 g/mol. The normalized spacial score (nSPS) is 49.1. The van der Waals surface area contributed by atoms with Crippen molar-refractivity contribution in [1.29, 1.82) is 0 Å². The van der Waals surface area contributed by atoms with E-state index in [1.165, 1.54) is 12.5 Å². The van der Waals surface area contributed by atoms with Gasteiger partial charge in [-0.3, -0.25) is 0 Å². The molecule has 18 heavy (non-hydrogen) atoms. The first-order valence-electron chi connectivity index (χ1n) is 7.11. The third kappa shape index (κ3) is 1.43. The van der Waals surface area contributed by atoms with Crippen LogP contribution in [0, 0.1) is 17.8 Å². The fourth-order valence-electron chi connectivity index (χ4n) is 5.13. The van der Waals surface area contributed by atoms with Crippen LogP contribution in [0.25, 0.3) is 0 Å². The third-order valence-corrected chi connectivity index (χ3v) is 5.58. The summed E-state index contributed by atoms with van der Waals surface area (Å²) in [6.45, 7) is 5.50. The van der Waals surface area contributed by atoms with E-state index in [0.29, 0.717) is 24.2 Å². The molecular formula is C15H22O3. The molecule has 0 aliphatic heterocycles. The molecule has 3 atom stereocenters. The number of rotatable bonds is 3. The molecule has 0 aromatic heterocycles. The first-order chi connectivity index (χ1) is 8.53. The van der Waals surface area contributed by atoms with E-state index in [-0.39, 0.29) is 0 Å². The summed E-state index contributed by atoms with van der Waals surface area (Å²) in [4.78, 5) is 11.7. The number of ether oxygens (including phenoxy) is 1. The zero-order valence-corrected chi connectivity index (χ0v) is 11.0. The minimum atomic E-state index is -0.796. The Hall–Kier alpha value is -0.830. The van der Waals surface area contributed by atoms with Crippen LogP contribution in [0.1, 0.15) is 45.4 Å². The maximum Gasteiger partial charge on any atom is 0.330 e. The van der Waals surface area contributed by atoms with E-state index in [1.807, 2.05) is 6.92 Å². The lowest BCUT2D eigenvalue weighted by molar-refractivity contribution is -0.275.